The van der Waals surface area contributed by atoms with Crippen LogP contribution >= 0.6 is 0 Å². The van der Waals surface area contributed by atoms with Gasteiger partial charge in [0.2, 0.25) is 0 Å². The normalized spacial score (nSPS) is 36.5. The fraction of sp³-hybridized carbons (Fsp3) is 1.00. The van der Waals surface area contributed by atoms with E-state index < -0.39 is 41.6 Å². The number of hydrogen-bond acceptors (Lipinski definition) is 2. The minimum atomic E-state index is -5.02. The first-order valence-electron chi connectivity index (χ1n) is 8.30. The van der Waals surface area contributed by atoms with Gasteiger partial charge in [0.1, 0.15) is 5.41 Å². The Morgan fingerprint density at radius 2 is 0.957 bits per heavy atom. The van der Waals surface area contributed by atoms with Crippen LogP contribution < -0.4 is 0 Å². The molecule has 0 amide bonds. The predicted molar refractivity (Wildman–Crippen MR) is 75.0 cm³/mol. The maximum atomic E-state index is 14.5. The molecule has 0 aromatic rings. The van der Waals surface area contributed by atoms with Crippen molar-refractivity contribution in [3.05, 3.63) is 0 Å². The van der Waals surface area contributed by atoms with Gasteiger partial charge < -0.3 is 10.2 Å². The maximum Gasteiger partial charge on any atom is 0.400 e. The van der Waals surface area contributed by atoms with E-state index in [4.69, 9.17) is 0 Å². The smallest absolute Gasteiger partial charge is 0.393 e. The molecule has 0 heterocycles. The summed E-state index contributed by atoms with van der Waals surface area (Å²) in [6.07, 6.45) is -6.04. The molecule has 0 aromatic heterocycles. The molecule has 2 rings (SSSR count). The van der Waals surface area contributed by atoms with Gasteiger partial charge >= 0.3 is 6.18 Å². The molecular formula is C16H25F5O2. The Bertz CT molecular complexity index is 350. The van der Waals surface area contributed by atoms with E-state index in [9.17, 15) is 32.2 Å². The summed E-state index contributed by atoms with van der Waals surface area (Å²) in [5.41, 5.74) is -3.07. The SMILES string of the molecule is CC(F)(F)C(C1CCC(O)CC1)(C1CCC(O)CC1)C(F)(F)F. The minimum absolute atomic E-state index is 0.0385. The molecule has 0 saturated heterocycles. The van der Waals surface area contributed by atoms with E-state index in [1.54, 1.807) is 0 Å². The molecule has 2 N–H and O–H groups in total. The summed E-state index contributed by atoms with van der Waals surface area (Å²) in [6, 6.07) is 0. The summed E-state index contributed by atoms with van der Waals surface area (Å²) in [7, 11) is 0. The highest BCUT2D eigenvalue weighted by Gasteiger charge is 2.73. The first-order valence-corrected chi connectivity index (χ1v) is 8.30. The van der Waals surface area contributed by atoms with Crippen molar-refractivity contribution in [2.24, 2.45) is 17.3 Å². The van der Waals surface area contributed by atoms with Gasteiger partial charge in [0.25, 0.3) is 5.92 Å². The zero-order valence-corrected chi connectivity index (χ0v) is 13.3. The fourth-order valence-corrected chi connectivity index (χ4v) is 4.82. The third-order valence-electron chi connectivity index (χ3n) is 5.88. The summed E-state index contributed by atoms with van der Waals surface area (Å²) in [6.45, 7) is 0.385. The van der Waals surface area contributed by atoms with Crippen molar-refractivity contribution in [2.75, 3.05) is 0 Å². The summed E-state index contributed by atoms with van der Waals surface area (Å²) in [4.78, 5) is 0. The van der Waals surface area contributed by atoms with Crippen molar-refractivity contribution >= 4 is 0 Å². The third kappa shape index (κ3) is 3.36. The van der Waals surface area contributed by atoms with Gasteiger partial charge in [0.05, 0.1) is 12.2 Å². The van der Waals surface area contributed by atoms with Gasteiger partial charge in [-0.3, -0.25) is 0 Å². The van der Waals surface area contributed by atoms with Crippen LogP contribution in [0.3, 0.4) is 0 Å². The van der Waals surface area contributed by atoms with E-state index in [1.807, 2.05) is 0 Å². The molecule has 0 atom stereocenters. The first-order chi connectivity index (χ1) is 10.5. The lowest BCUT2D eigenvalue weighted by atomic mass is 9.55. The van der Waals surface area contributed by atoms with Crippen LogP contribution in [0.5, 0.6) is 0 Å². The molecule has 0 spiro atoms. The highest BCUT2D eigenvalue weighted by molar-refractivity contribution is 5.06. The van der Waals surface area contributed by atoms with Crippen molar-refractivity contribution in [2.45, 2.75) is 82.6 Å². The standard InChI is InChI=1S/C16H25F5O2/c1-14(17,18)15(16(19,20)21,10-2-6-12(22)7-3-10)11-4-8-13(23)9-5-11/h10-13,22-23H,2-9H2,1H3. The van der Waals surface area contributed by atoms with E-state index >= 15 is 0 Å². The van der Waals surface area contributed by atoms with Crippen LogP contribution in [-0.2, 0) is 0 Å². The highest BCUT2D eigenvalue weighted by Crippen LogP contribution is 2.64. The van der Waals surface area contributed by atoms with Gasteiger partial charge in [-0.15, -0.1) is 0 Å². The summed E-state index contributed by atoms with van der Waals surface area (Å²) in [5, 5.41) is 19.1. The molecule has 2 nitrogen and oxygen atoms in total. The Labute approximate surface area is 133 Å². The molecular weight excluding hydrogens is 319 g/mol. The third-order valence-corrected chi connectivity index (χ3v) is 5.88. The van der Waals surface area contributed by atoms with Crippen LogP contribution in [0.2, 0.25) is 0 Å². The van der Waals surface area contributed by atoms with Gasteiger partial charge in [-0.05, 0) is 63.2 Å². The van der Waals surface area contributed by atoms with Crippen LogP contribution in [-0.4, -0.2) is 34.5 Å². The van der Waals surface area contributed by atoms with E-state index in [2.05, 4.69) is 0 Å². The number of hydrogen-bond donors (Lipinski definition) is 2. The van der Waals surface area contributed by atoms with Gasteiger partial charge in [0, 0.05) is 6.92 Å². The summed E-state index contributed by atoms with van der Waals surface area (Å²) >= 11 is 0. The topological polar surface area (TPSA) is 40.5 Å². The van der Waals surface area contributed by atoms with E-state index in [1.165, 1.54) is 0 Å². The lowest BCUT2D eigenvalue weighted by molar-refractivity contribution is -0.342. The second-order valence-electron chi connectivity index (χ2n) is 7.27. The molecule has 0 unspecified atom stereocenters. The Morgan fingerprint density at radius 1 is 0.652 bits per heavy atom. The Balaban J connectivity index is 2.43. The van der Waals surface area contributed by atoms with Gasteiger partial charge in [0.15, 0.2) is 0 Å². The van der Waals surface area contributed by atoms with Crippen molar-refractivity contribution in [1.82, 2.24) is 0 Å². The van der Waals surface area contributed by atoms with Gasteiger partial charge in [-0.1, -0.05) is 0 Å². The largest absolute Gasteiger partial charge is 0.400 e. The van der Waals surface area contributed by atoms with E-state index in [0.717, 1.165) is 0 Å². The second kappa shape index (κ2) is 6.47. The Morgan fingerprint density at radius 3 is 1.17 bits per heavy atom. The first kappa shape index (κ1) is 18.9. The molecule has 2 aliphatic carbocycles. The number of rotatable bonds is 3. The van der Waals surface area contributed by atoms with Crippen LogP contribution in [0, 0.1) is 17.3 Å². The molecule has 136 valence electrons. The monoisotopic (exact) mass is 344 g/mol. The molecule has 7 heteroatoms. The van der Waals surface area contributed by atoms with Gasteiger partial charge in [-0.2, -0.15) is 13.2 Å². The molecule has 2 saturated carbocycles. The number of alkyl halides is 5. The molecule has 2 aliphatic rings. The highest BCUT2D eigenvalue weighted by atomic mass is 19.4. The molecule has 23 heavy (non-hydrogen) atoms. The second-order valence-corrected chi connectivity index (χ2v) is 7.27. The summed E-state index contributed by atoms with van der Waals surface area (Å²) < 4.78 is 71.0. The lowest BCUT2D eigenvalue weighted by Gasteiger charge is -2.53. The predicted octanol–water partition coefficient (Wildman–Crippen LogP) is 4.29. The molecule has 0 radical (unpaired) electrons. The van der Waals surface area contributed by atoms with Gasteiger partial charge in [-0.25, -0.2) is 8.78 Å². The zero-order chi connectivity index (χ0) is 17.5. The quantitative estimate of drug-likeness (QED) is 0.750. The fourth-order valence-electron chi connectivity index (χ4n) is 4.82. The van der Waals surface area contributed by atoms with Crippen molar-refractivity contribution in [3.63, 3.8) is 0 Å². The van der Waals surface area contributed by atoms with Crippen LogP contribution in [0.25, 0.3) is 0 Å². The van der Waals surface area contributed by atoms with Crippen LogP contribution in [0.15, 0.2) is 0 Å². The summed E-state index contributed by atoms with van der Waals surface area (Å²) in [5.74, 6) is -6.28. The van der Waals surface area contributed by atoms with Crippen LogP contribution in [0.1, 0.15) is 58.3 Å². The van der Waals surface area contributed by atoms with E-state index in [0.29, 0.717) is 6.92 Å². The molecule has 0 aromatic carbocycles. The molecule has 0 bridgehead atoms. The molecule has 0 aliphatic heterocycles. The van der Waals surface area contributed by atoms with Crippen molar-refractivity contribution in [3.8, 4) is 0 Å². The maximum absolute atomic E-state index is 14.5. The lowest BCUT2D eigenvalue weighted by Crippen LogP contribution is -2.61. The average Bonchev–Trinajstić information content (AvgIpc) is 2.40. The number of aliphatic hydroxyl groups is 2. The average molecular weight is 344 g/mol. The number of halogens is 5. The zero-order valence-electron chi connectivity index (χ0n) is 13.3. The Hall–Kier alpha value is -0.430. The minimum Gasteiger partial charge on any atom is -0.393 e. The van der Waals surface area contributed by atoms with Crippen LogP contribution in [0.4, 0.5) is 22.0 Å². The van der Waals surface area contributed by atoms with E-state index in [-0.39, 0.29) is 51.4 Å². The Kier molecular flexibility index (Phi) is 5.31. The van der Waals surface area contributed by atoms with Crippen molar-refractivity contribution in [1.29, 1.82) is 0 Å². The molecule has 2 fully saturated rings. The number of aliphatic hydroxyl groups excluding tert-OH is 2. The van der Waals surface area contributed by atoms with Crippen molar-refractivity contribution < 1.29 is 32.2 Å².